The molecule has 1 aromatic rings. The third kappa shape index (κ3) is 1.47. The Bertz CT molecular complexity index is 360. The van der Waals surface area contributed by atoms with Gasteiger partial charge in [-0.15, -0.1) is 0 Å². The van der Waals surface area contributed by atoms with Gasteiger partial charge < -0.3 is 11.1 Å². The average molecular weight is 179 g/mol. The molecule has 0 aromatic heterocycles. The monoisotopic (exact) mass is 179 g/mol. The first-order chi connectivity index (χ1) is 6.27. The van der Waals surface area contributed by atoms with E-state index in [1.54, 1.807) is 12.1 Å². The number of nitrogens with two attached hydrogens (primary N) is 1. The number of nitrogens with one attached hydrogen (secondary N) is 1. The number of hydrogen-bond acceptors (Lipinski definition) is 3. The minimum absolute atomic E-state index is 0.169. The van der Waals surface area contributed by atoms with Crippen LogP contribution in [0.15, 0.2) is 23.2 Å². The normalized spacial score (nSPS) is 15.3. The van der Waals surface area contributed by atoms with Crippen LogP contribution in [-0.2, 0) is 0 Å². The van der Waals surface area contributed by atoms with Crippen molar-refractivity contribution in [2.45, 2.75) is 0 Å². The third-order valence-electron chi connectivity index (χ3n) is 1.95. The lowest BCUT2D eigenvalue weighted by molar-refractivity contribution is 0.632. The van der Waals surface area contributed by atoms with E-state index in [0.717, 1.165) is 24.5 Å². The molecule has 4 heteroatoms. The molecule has 0 unspecified atom stereocenters. The minimum atomic E-state index is -0.395. The molecule has 1 heterocycles. The van der Waals surface area contributed by atoms with Gasteiger partial charge in [0.2, 0.25) is 0 Å². The molecule has 3 nitrogen and oxygen atoms in total. The van der Waals surface area contributed by atoms with E-state index in [2.05, 4.69) is 10.3 Å². The van der Waals surface area contributed by atoms with Crippen LogP contribution < -0.4 is 11.1 Å². The number of nitrogen functional groups attached to an aromatic ring is 1. The summed E-state index contributed by atoms with van der Waals surface area (Å²) in [5.74, 6) is 0.354. The highest BCUT2D eigenvalue weighted by Gasteiger charge is 2.09. The first-order valence-electron chi connectivity index (χ1n) is 4.11. The van der Waals surface area contributed by atoms with Crippen LogP contribution >= 0.6 is 0 Å². The van der Waals surface area contributed by atoms with E-state index in [1.807, 2.05) is 0 Å². The van der Waals surface area contributed by atoms with Crippen LogP contribution in [0.2, 0.25) is 0 Å². The highest BCUT2D eigenvalue weighted by atomic mass is 19.1. The summed E-state index contributed by atoms with van der Waals surface area (Å²) in [6.45, 7) is 1.57. The molecule has 0 spiro atoms. The van der Waals surface area contributed by atoms with E-state index in [0.29, 0.717) is 0 Å². The van der Waals surface area contributed by atoms with Gasteiger partial charge in [-0.2, -0.15) is 0 Å². The molecule has 0 aliphatic carbocycles. The number of amidine groups is 1. The highest BCUT2D eigenvalue weighted by molar-refractivity contribution is 5.99. The maximum absolute atomic E-state index is 13.0. The fraction of sp³-hybridized carbons (Fsp3) is 0.222. The zero-order chi connectivity index (χ0) is 9.26. The SMILES string of the molecule is Nc1ccc(C2=NCCN2)cc1F. The Labute approximate surface area is 75.5 Å². The predicted octanol–water partition coefficient (Wildman–Crippen LogP) is 0.758. The number of rotatable bonds is 1. The smallest absolute Gasteiger partial charge is 0.146 e. The van der Waals surface area contributed by atoms with E-state index >= 15 is 0 Å². The van der Waals surface area contributed by atoms with Gasteiger partial charge in [-0.25, -0.2) is 4.39 Å². The summed E-state index contributed by atoms with van der Waals surface area (Å²) in [5, 5.41) is 3.06. The Morgan fingerprint density at radius 3 is 2.92 bits per heavy atom. The van der Waals surface area contributed by atoms with Gasteiger partial charge >= 0.3 is 0 Å². The van der Waals surface area contributed by atoms with Crippen molar-refractivity contribution >= 4 is 11.5 Å². The summed E-state index contributed by atoms with van der Waals surface area (Å²) in [6, 6.07) is 4.70. The fourth-order valence-corrected chi connectivity index (χ4v) is 1.27. The second kappa shape index (κ2) is 3.05. The van der Waals surface area contributed by atoms with Gasteiger partial charge in [-0.05, 0) is 18.2 Å². The van der Waals surface area contributed by atoms with E-state index in [1.165, 1.54) is 6.07 Å². The van der Waals surface area contributed by atoms with Crippen molar-refractivity contribution in [2.24, 2.45) is 4.99 Å². The molecule has 0 radical (unpaired) electrons. The van der Waals surface area contributed by atoms with Crippen molar-refractivity contribution < 1.29 is 4.39 Å². The Hall–Kier alpha value is -1.58. The van der Waals surface area contributed by atoms with E-state index in [4.69, 9.17) is 5.73 Å². The van der Waals surface area contributed by atoms with Gasteiger partial charge in [0.15, 0.2) is 0 Å². The van der Waals surface area contributed by atoms with Crippen LogP contribution in [0.4, 0.5) is 10.1 Å². The molecule has 3 N–H and O–H groups in total. The largest absolute Gasteiger partial charge is 0.396 e. The molecule has 0 atom stereocenters. The number of anilines is 1. The summed E-state index contributed by atoms with van der Waals surface area (Å²) in [4.78, 5) is 4.17. The molecular weight excluding hydrogens is 169 g/mol. The van der Waals surface area contributed by atoms with Gasteiger partial charge in [0.25, 0.3) is 0 Å². The number of aliphatic imine (C=N–C) groups is 1. The zero-order valence-corrected chi connectivity index (χ0v) is 7.05. The van der Waals surface area contributed by atoms with Crippen LogP contribution in [0.5, 0.6) is 0 Å². The molecule has 0 bridgehead atoms. The molecule has 0 saturated carbocycles. The van der Waals surface area contributed by atoms with Crippen LogP contribution in [0.3, 0.4) is 0 Å². The molecule has 0 amide bonds. The maximum Gasteiger partial charge on any atom is 0.146 e. The average Bonchev–Trinajstić information content (AvgIpc) is 2.62. The van der Waals surface area contributed by atoms with Crippen molar-refractivity contribution in [3.05, 3.63) is 29.6 Å². The third-order valence-corrected chi connectivity index (χ3v) is 1.95. The quantitative estimate of drug-likeness (QED) is 0.625. The minimum Gasteiger partial charge on any atom is -0.396 e. The van der Waals surface area contributed by atoms with Crippen LogP contribution in [0.1, 0.15) is 5.56 Å². The van der Waals surface area contributed by atoms with Crippen molar-refractivity contribution in [1.29, 1.82) is 0 Å². The van der Waals surface area contributed by atoms with Gasteiger partial charge in [0.05, 0.1) is 12.2 Å². The molecule has 13 heavy (non-hydrogen) atoms. The number of halogens is 1. The second-order valence-corrected chi connectivity index (χ2v) is 2.89. The lowest BCUT2D eigenvalue weighted by atomic mass is 10.2. The molecular formula is C9H10FN3. The standard InChI is InChI=1S/C9H10FN3/c10-7-5-6(1-2-8(7)11)9-12-3-4-13-9/h1-2,5H,3-4,11H2,(H,12,13). The van der Waals surface area contributed by atoms with Crippen molar-refractivity contribution in [3.8, 4) is 0 Å². The van der Waals surface area contributed by atoms with E-state index < -0.39 is 5.82 Å². The van der Waals surface area contributed by atoms with E-state index in [9.17, 15) is 4.39 Å². The molecule has 1 aliphatic heterocycles. The van der Waals surface area contributed by atoms with Crippen molar-refractivity contribution in [3.63, 3.8) is 0 Å². The summed E-state index contributed by atoms with van der Waals surface area (Å²) in [5.41, 5.74) is 6.27. The Morgan fingerprint density at radius 2 is 2.31 bits per heavy atom. The maximum atomic E-state index is 13.0. The molecule has 1 aromatic carbocycles. The van der Waals surface area contributed by atoms with Crippen molar-refractivity contribution in [2.75, 3.05) is 18.8 Å². The van der Waals surface area contributed by atoms with Crippen LogP contribution in [0.25, 0.3) is 0 Å². The molecule has 1 aliphatic rings. The van der Waals surface area contributed by atoms with Gasteiger partial charge in [-0.3, -0.25) is 4.99 Å². The highest BCUT2D eigenvalue weighted by Crippen LogP contribution is 2.12. The molecule has 68 valence electrons. The fourth-order valence-electron chi connectivity index (χ4n) is 1.27. The molecule has 0 fully saturated rings. The topological polar surface area (TPSA) is 50.4 Å². The van der Waals surface area contributed by atoms with Gasteiger partial charge in [0, 0.05) is 12.1 Å². The van der Waals surface area contributed by atoms with Crippen LogP contribution in [0, 0.1) is 5.82 Å². The zero-order valence-electron chi connectivity index (χ0n) is 7.05. The number of benzene rings is 1. The summed E-state index contributed by atoms with van der Waals surface area (Å²) < 4.78 is 13.0. The summed E-state index contributed by atoms with van der Waals surface area (Å²) >= 11 is 0. The number of hydrogen-bond donors (Lipinski definition) is 2. The molecule has 2 rings (SSSR count). The first-order valence-corrected chi connectivity index (χ1v) is 4.11. The van der Waals surface area contributed by atoms with Gasteiger partial charge in [0.1, 0.15) is 11.7 Å². The summed E-state index contributed by atoms with van der Waals surface area (Å²) in [7, 11) is 0. The Morgan fingerprint density at radius 1 is 1.46 bits per heavy atom. The van der Waals surface area contributed by atoms with Crippen LogP contribution in [-0.4, -0.2) is 18.9 Å². The lowest BCUT2D eigenvalue weighted by Gasteiger charge is -2.03. The van der Waals surface area contributed by atoms with Gasteiger partial charge in [-0.1, -0.05) is 0 Å². The first kappa shape index (κ1) is 8.04. The second-order valence-electron chi connectivity index (χ2n) is 2.89. The summed E-state index contributed by atoms with van der Waals surface area (Å²) in [6.07, 6.45) is 0. The van der Waals surface area contributed by atoms with Crippen molar-refractivity contribution in [1.82, 2.24) is 5.32 Å². The predicted molar refractivity (Wildman–Crippen MR) is 50.2 cm³/mol. The number of nitrogens with zero attached hydrogens (tertiary/aromatic N) is 1. The Kier molecular flexibility index (Phi) is 1.88. The van der Waals surface area contributed by atoms with E-state index in [-0.39, 0.29) is 5.69 Å². The Balaban J connectivity index is 2.36. The molecule has 0 saturated heterocycles. The lowest BCUT2D eigenvalue weighted by Crippen LogP contribution is -2.19.